The maximum absolute atomic E-state index is 14.3. The van der Waals surface area contributed by atoms with Crippen molar-refractivity contribution in [3.05, 3.63) is 18.6 Å². The quantitative estimate of drug-likeness (QED) is 0.565. The summed E-state index contributed by atoms with van der Waals surface area (Å²) in [6, 6.07) is 1.59. The average Bonchev–Trinajstić information content (AvgIpc) is 2.97. The van der Waals surface area contributed by atoms with Crippen molar-refractivity contribution in [2.45, 2.75) is 30.7 Å². The van der Waals surface area contributed by atoms with E-state index >= 15 is 0 Å². The van der Waals surface area contributed by atoms with Crippen LogP contribution in [0.15, 0.2) is 18.6 Å². The highest BCUT2D eigenvalue weighted by atomic mass is 19.2. The molecule has 3 heterocycles. The summed E-state index contributed by atoms with van der Waals surface area (Å²) in [5, 5.41) is 29.5. The van der Waals surface area contributed by atoms with Gasteiger partial charge >= 0.3 is 0 Å². The van der Waals surface area contributed by atoms with Gasteiger partial charge in [0.05, 0.1) is 5.39 Å². The Hall–Kier alpha value is -1.81. The number of nitrogens with zero attached hydrogens (tertiary/aromatic N) is 3. The van der Waals surface area contributed by atoms with Crippen LogP contribution in [0.5, 0.6) is 0 Å². The van der Waals surface area contributed by atoms with E-state index in [-0.39, 0.29) is 5.82 Å². The number of aliphatic hydroxyl groups excluding tert-OH is 3. The molecule has 4 atom stereocenters. The Morgan fingerprint density at radius 3 is 2.76 bits per heavy atom. The predicted molar refractivity (Wildman–Crippen MR) is 69.6 cm³/mol. The number of ether oxygens (including phenoxy) is 1. The monoisotopic (exact) mass is 298 g/mol. The zero-order valence-corrected chi connectivity index (χ0v) is 11.1. The Kier molecular flexibility index (Phi) is 2.92. The molecular formula is C12H15FN4O4. The highest BCUT2D eigenvalue weighted by molar-refractivity contribution is 5.86. The first-order chi connectivity index (χ1) is 9.83. The number of halogens is 1. The number of fused-ring (bicyclic) bond motifs is 1. The molecule has 1 saturated heterocycles. The second-order valence-corrected chi connectivity index (χ2v) is 5.17. The van der Waals surface area contributed by atoms with Crippen LogP contribution < -0.4 is 5.73 Å². The second-order valence-electron chi connectivity index (χ2n) is 5.17. The van der Waals surface area contributed by atoms with Gasteiger partial charge in [0.1, 0.15) is 36.6 Å². The fraction of sp³-hybridized carbons (Fsp3) is 0.500. The summed E-state index contributed by atoms with van der Waals surface area (Å²) in [6.45, 7) is 0.298. The summed E-state index contributed by atoms with van der Waals surface area (Å²) >= 11 is 0. The van der Waals surface area contributed by atoms with E-state index in [4.69, 9.17) is 15.6 Å². The Morgan fingerprint density at radius 2 is 2.14 bits per heavy atom. The second kappa shape index (κ2) is 4.34. The van der Waals surface area contributed by atoms with Gasteiger partial charge in [0, 0.05) is 6.20 Å². The molecule has 0 aliphatic carbocycles. The first kappa shape index (κ1) is 14.1. The van der Waals surface area contributed by atoms with Gasteiger partial charge in [-0.05, 0) is 13.0 Å². The Balaban J connectivity index is 2.16. The van der Waals surface area contributed by atoms with Crippen molar-refractivity contribution in [2.75, 3.05) is 12.3 Å². The van der Waals surface area contributed by atoms with Crippen LogP contribution >= 0.6 is 0 Å². The third-order valence-electron chi connectivity index (χ3n) is 3.87. The van der Waals surface area contributed by atoms with E-state index in [1.807, 2.05) is 0 Å². The molecule has 114 valence electrons. The number of hydrogen-bond acceptors (Lipinski definition) is 7. The van der Waals surface area contributed by atoms with E-state index < -0.39 is 30.4 Å². The van der Waals surface area contributed by atoms with Crippen LogP contribution in [0, 0.1) is 0 Å². The zero-order valence-electron chi connectivity index (χ0n) is 11.1. The lowest BCUT2D eigenvalue weighted by molar-refractivity contribution is -0.238. The summed E-state index contributed by atoms with van der Waals surface area (Å²) in [6.07, 6.45) is -0.788. The van der Waals surface area contributed by atoms with Gasteiger partial charge in [-0.3, -0.25) is 0 Å². The molecule has 9 heteroatoms. The summed E-state index contributed by atoms with van der Waals surface area (Å²) < 4.78 is 20.8. The Labute approximate surface area is 118 Å². The fourth-order valence-corrected chi connectivity index (χ4v) is 2.64. The lowest BCUT2D eigenvalue weighted by atomic mass is 10.0. The lowest BCUT2D eigenvalue weighted by Gasteiger charge is -2.30. The van der Waals surface area contributed by atoms with Crippen molar-refractivity contribution in [3.8, 4) is 0 Å². The smallest absolute Gasteiger partial charge is 0.263 e. The molecule has 2 aromatic heterocycles. The van der Waals surface area contributed by atoms with Crippen molar-refractivity contribution in [1.29, 1.82) is 0 Å². The van der Waals surface area contributed by atoms with Crippen molar-refractivity contribution < 1.29 is 24.4 Å². The van der Waals surface area contributed by atoms with Gasteiger partial charge in [0.15, 0.2) is 5.72 Å². The summed E-state index contributed by atoms with van der Waals surface area (Å²) in [4.78, 5) is 7.87. The molecule has 0 bridgehead atoms. The van der Waals surface area contributed by atoms with E-state index in [2.05, 4.69) is 9.97 Å². The molecule has 3 rings (SSSR count). The van der Waals surface area contributed by atoms with E-state index in [1.54, 1.807) is 6.07 Å². The zero-order chi connectivity index (χ0) is 15.4. The topological polar surface area (TPSA) is 127 Å². The van der Waals surface area contributed by atoms with Crippen LogP contribution in [0.1, 0.15) is 6.92 Å². The minimum absolute atomic E-state index is 0.226. The number of aromatic nitrogens is 3. The normalized spacial score (nSPS) is 36.4. The highest BCUT2D eigenvalue weighted by Gasteiger charge is 2.62. The molecular weight excluding hydrogens is 283 g/mol. The molecule has 0 radical (unpaired) electrons. The van der Waals surface area contributed by atoms with Crippen LogP contribution in [-0.4, -0.2) is 54.5 Å². The third kappa shape index (κ3) is 1.75. The van der Waals surface area contributed by atoms with Gasteiger partial charge in [-0.15, -0.1) is 0 Å². The average molecular weight is 298 g/mol. The molecule has 1 aliphatic rings. The van der Waals surface area contributed by atoms with Gasteiger partial charge in [-0.1, -0.05) is 0 Å². The maximum Gasteiger partial charge on any atom is 0.263 e. The van der Waals surface area contributed by atoms with Crippen LogP contribution in [0.4, 0.5) is 10.2 Å². The maximum atomic E-state index is 14.3. The van der Waals surface area contributed by atoms with E-state index in [0.29, 0.717) is 11.0 Å². The van der Waals surface area contributed by atoms with Crippen molar-refractivity contribution >= 4 is 16.9 Å². The first-order valence-corrected chi connectivity index (χ1v) is 6.27. The van der Waals surface area contributed by atoms with E-state index in [9.17, 15) is 14.6 Å². The van der Waals surface area contributed by atoms with Crippen LogP contribution in [-0.2, 0) is 10.5 Å². The van der Waals surface area contributed by atoms with Crippen LogP contribution in [0.25, 0.3) is 11.0 Å². The number of alkyl halides is 1. The predicted octanol–water partition coefficient (Wildman–Crippen LogP) is -0.904. The van der Waals surface area contributed by atoms with Gasteiger partial charge in [-0.2, -0.15) is 0 Å². The molecule has 0 aromatic carbocycles. The summed E-state index contributed by atoms with van der Waals surface area (Å²) in [7, 11) is 0. The highest BCUT2D eigenvalue weighted by Crippen LogP contribution is 2.43. The molecule has 2 aromatic rings. The number of nitrogen functional groups attached to an aromatic ring is 1. The number of aliphatic hydroxyl groups is 3. The largest absolute Gasteiger partial charge is 0.390 e. The molecule has 0 unspecified atom stereocenters. The summed E-state index contributed by atoms with van der Waals surface area (Å²) in [5.74, 6) is -2.53. The minimum Gasteiger partial charge on any atom is -0.390 e. The van der Waals surface area contributed by atoms with Gasteiger partial charge in [0.25, 0.3) is 5.85 Å². The van der Waals surface area contributed by atoms with Crippen LogP contribution in [0.2, 0.25) is 0 Å². The Bertz CT molecular complexity index is 695. The van der Waals surface area contributed by atoms with Crippen molar-refractivity contribution in [3.63, 3.8) is 0 Å². The molecule has 0 spiro atoms. The minimum atomic E-state index is -2.76. The summed E-state index contributed by atoms with van der Waals surface area (Å²) in [5.41, 5.74) is 4.39. The lowest BCUT2D eigenvalue weighted by Crippen LogP contribution is -2.44. The van der Waals surface area contributed by atoms with E-state index in [1.165, 1.54) is 24.0 Å². The third-order valence-corrected chi connectivity index (χ3v) is 3.87. The SMILES string of the molecule is C[C@@]1(n2ccc3c(N)ncnc32)O[C@](F)(CO)[C@@H](O)[C@H]1O. The van der Waals surface area contributed by atoms with Crippen molar-refractivity contribution in [1.82, 2.24) is 14.5 Å². The molecule has 1 aliphatic heterocycles. The Morgan fingerprint density at radius 1 is 1.43 bits per heavy atom. The number of hydrogen-bond donors (Lipinski definition) is 4. The molecule has 0 amide bonds. The van der Waals surface area contributed by atoms with Gasteiger partial charge in [-0.25, -0.2) is 14.4 Å². The standard InChI is InChI=1S/C12H15FN4O4/c1-11(7(19)8(20)12(13,4-18)21-11)17-3-2-6-9(14)15-5-16-10(6)17/h2-3,5,7-8,18-20H,4H2,1H3,(H2,14,15,16)/t7-,8+,11-,12-/m1/s1. The number of rotatable bonds is 2. The van der Waals surface area contributed by atoms with Crippen molar-refractivity contribution in [2.24, 2.45) is 0 Å². The molecule has 0 saturated carbocycles. The van der Waals surface area contributed by atoms with Gasteiger partial charge in [0.2, 0.25) is 0 Å². The van der Waals surface area contributed by atoms with E-state index in [0.717, 1.165) is 0 Å². The molecule has 8 nitrogen and oxygen atoms in total. The number of nitrogens with two attached hydrogens (primary N) is 1. The molecule has 21 heavy (non-hydrogen) atoms. The van der Waals surface area contributed by atoms with Crippen LogP contribution in [0.3, 0.4) is 0 Å². The first-order valence-electron chi connectivity index (χ1n) is 6.27. The fourth-order valence-electron chi connectivity index (χ4n) is 2.64. The molecule has 5 N–H and O–H groups in total. The van der Waals surface area contributed by atoms with Gasteiger partial charge < -0.3 is 30.4 Å². The number of anilines is 1. The molecule has 1 fully saturated rings.